The summed E-state index contributed by atoms with van der Waals surface area (Å²) in [6.45, 7) is 8.10. The predicted molar refractivity (Wildman–Crippen MR) is 83.1 cm³/mol. The Morgan fingerprint density at radius 2 is 1.68 bits per heavy atom. The van der Waals surface area contributed by atoms with Crippen molar-refractivity contribution in [2.45, 2.75) is 78.6 Å². The van der Waals surface area contributed by atoms with E-state index in [2.05, 4.69) is 26.1 Å². The summed E-state index contributed by atoms with van der Waals surface area (Å²) in [4.78, 5) is 11.7. The van der Waals surface area contributed by atoms with Crippen LogP contribution in [0.15, 0.2) is 0 Å². The maximum absolute atomic E-state index is 11.7. The fourth-order valence-electron chi connectivity index (χ4n) is 2.16. The van der Waals surface area contributed by atoms with Gasteiger partial charge >= 0.3 is 0 Å². The first kappa shape index (κ1) is 18.4. The van der Waals surface area contributed by atoms with Crippen LogP contribution in [0.25, 0.3) is 0 Å². The zero-order valence-corrected chi connectivity index (χ0v) is 13.3. The van der Waals surface area contributed by atoms with Gasteiger partial charge in [-0.05, 0) is 31.2 Å². The topological polar surface area (TPSA) is 55.1 Å². The van der Waals surface area contributed by atoms with Gasteiger partial charge in [-0.1, -0.05) is 52.9 Å². The highest BCUT2D eigenvalue weighted by molar-refractivity contribution is 5.75. The van der Waals surface area contributed by atoms with Crippen LogP contribution in [0.5, 0.6) is 0 Å². The maximum Gasteiger partial charge on any atom is 0.220 e. The van der Waals surface area contributed by atoms with E-state index < -0.39 is 0 Å². The standard InChI is InChI=1S/C16H34N2O/c1-4-5-6-7-8-9-11-15(19)18-14-16(2,3)12-10-13-17/h4-14,17H2,1-3H3,(H,18,19). The molecule has 3 heteroatoms. The van der Waals surface area contributed by atoms with E-state index in [4.69, 9.17) is 5.73 Å². The highest BCUT2D eigenvalue weighted by Gasteiger charge is 2.17. The van der Waals surface area contributed by atoms with Crippen molar-refractivity contribution in [1.29, 1.82) is 0 Å². The van der Waals surface area contributed by atoms with Gasteiger partial charge in [0.15, 0.2) is 0 Å². The Kier molecular flexibility index (Phi) is 10.9. The first-order valence-corrected chi connectivity index (χ1v) is 7.98. The number of hydrogen-bond acceptors (Lipinski definition) is 2. The van der Waals surface area contributed by atoms with Gasteiger partial charge < -0.3 is 11.1 Å². The van der Waals surface area contributed by atoms with Crippen LogP contribution < -0.4 is 11.1 Å². The van der Waals surface area contributed by atoms with Crippen molar-refractivity contribution >= 4 is 5.91 Å². The van der Waals surface area contributed by atoms with Crippen molar-refractivity contribution in [2.75, 3.05) is 13.1 Å². The third-order valence-corrected chi connectivity index (χ3v) is 3.58. The second-order valence-corrected chi connectivity index (χ2v) is 6.35. The summed E-state index contributed by atoms with van der Waals surface area (Å²) in [5.41, 5.74) is 5.68. The van der Waals surface area contributed by atoms with Crippen molar-refractivity contribution in [3.63, 3.8) is 0 Å². The van der Waals surface area contributed by atoms with Gasteiger partial charge in [-0.25, -0.2) is 0 Å². The molecule has 0 atom stereocenters. The number of carbonyl (C=O) groups excluding carboxylic acids is 1. The molecule has 0 aliphatic carbocycles. The van der Waals surface area contributed by atoms with Gasteiger partial charge in [0.2, 0.25) is 5.91 Å². The number of hydrogen-bond donors (Lipinski definition) is 2. The summed E-state index contributed by atoms with van der Waals surface area (Å²) in [5, 5.41) is 3.05. The molecule has 0 heterocycles. The van der Waals surface area contributed by atoms with Crippen LogP contribution in [0, 0.1) is 5.41 Å². The van der Waals surface area contributed by atoms with Crippen LogP contribution in [0.2, 0.25) is 0 Å². The van der Waals surface area contributed by atoms with E-state index in [0.717, 1.165) is 32.4 Å². The molecule has 0 unspecified atom stereocenters. The Hall–Kier alpha value is -0.570. The van der Waals surface area contributed by atoms with Crippen LogP contribution >= 0.6 is 0 Å². The number of rotatable bonds is 12. The Labute approximate surface area is 119 Å². The molecule has 0 fully saturated rings. The predicted octanol–water partition coefficient (Wildman–Crippen LogP) is 3.62. The molecule has 0 bridgehead atoms. The average Bonchev–Trinajstić information content (AvgIpc) is 2.38. The Balaban J connectivity index is 3.53. The summed E-state index contributed by atoms with van der Waals surface area (Å²) in [7, 11) is 0. The Bertz CT molecular complexity index is 227. The lowest BCUT2D eigenvalue weighted by molar-refractivity contribution is -0.121. The number of carbonyl (C=O) groups is 1. The van der Waals surface area contributed by atoms with Crippen molar-refractivity contribution in [3.8, 4) is 0 Å². The van der Waals surface area contributed by atoms with E-state index in [-0.39, 0.29) is 11.3 Å². The van der Waals surface area contributed by atoms with Crippen molar-refractivity contribution in [1.82, 2.24) is 5.32 Å². The molecular formula is C16H34N2O. The fourth-order valence-corrected chi connectivity index (χ4v) is 2.16. The maximum atomic E-state index is 11.7. The minimum atomic E-state index is 0.163. The third kappa shape index (κ3) is 12.2. The highest BCUT2D eigenvalue weighted by atomic mass is 16.1. The SMILES string of the molecule is CCCCCCCCC(=O)NCC(C)(C)CCCN. The van der Waals surface area contributed by atoms with E-state index in [0.29, 0.717) is 6.42 Å². The van der Waals surface area contributed by atoms with Crippen LogP contribution in [0.1, 0.15) is 78.6 Å². The molecule has 0 aliphatic rings. The molecule has 0 aliphatic heterocycles. The van der Waals surface area contributed by atoms with Gasteiger partial charge in [0.1, 0.15) is 0 Å². The van der Waals surface area contributed by atoms with Crippen LogP contribution in [-0.4, -0.2) is 19.0 Å². The fraction of sp³-hybridized carbons (Fsp3) is 0.938. The number of nitrogens with two attached hydrogens (primary N) is 1. The summed E-state index contributed by atoms with van der Waals surface area (Å²) < 4.78 is 0. The van der Waals surface area contributed by atoms with Gasteiger partial charge in [-0.3, -0.25) is 4.79 Å². The molecule has 3 N–H and O–H groups in total. The second-order valence-electron chi connectivity index (χ2n) is 6.35. The number of amides is 1. The highest BCUT2D eigenvalue weighted by Crippen LogP contribution is 2.20. The van der Waals surface area contributed by atoms with Crippen molar-refractivity contribution in [2.24, 2.45) is 11.1 Å². The van der Waals surface area contributed by atoms with Gasteiger partial charge in [-0.2, -0.15) is 0 Å². The normalized spacial score (nSPS) is 11.6. The van der Waals surface area contributed by atoms with E-state index in [1.165, 1.54) is 32.1 Å². The zero-order valence-electron chi connectivity index (χ0n) is 13.3. The Morgan fingerprint density at radius 3 is 2.32 bits per heavy atom. The molecule has 1 amide bonds. The van der Waals surface area contributed by atoms with E-state index >= 15 is 0 Å². The van der Waals surface area contributed by atoms with E-state index in [1.54, 1.807) is 0 Å². The molecule has 0 saturated carbocycles. The second kappa shape index (κ2) is 11.3. The molecule has 0 aromatic carbocycles. The molecule has 19 heavy (non-hydrogen) atoms. The largest absolute Gasteiger partial charge is 0.356 e. The minimum absolute atomic E-state index is 0.163. The third-order valence-electron chi connectivity index (χ3n) is 3.58. The van der Waals surface area contributed by atoms with E-state index in [9.17, 15) is 4.79 Å². The zero-order chi connectivity index (χ0) is 14.6. The monoisotopic (exact) mass is 270 g/mol. The lowest BCUT2D eigenvalue weighted by atomic mass is 9.87. The molecule has 0 aromatic rings. The number of unbranched alkanes of at least 4 members (excludes halogenated alkanes) is 5. The Morgan fingerprint density at radius 1 is 1.05 bits per heavy atom. The minimum Gasteiger partial charge on any atom is -0.356 e. The first-order chi connectivity index (χ1) is 9.02. The molecular weight excluding hydrogens is 236 g/mol. The van der Waals surface area contributed by atoms with Crippen molar-refractivity contribution < 1.29 is 4.79 Å². The summed E-state index contributed by atoms with van der Waals surface area (Å²) in [5.74, 6) is 0.205. The molecule has 0 radical (unpaired) electrons. The smallest absolute Gasteiger partial charge is 0.220 e. The molecule has 0 aromatic heterocycles. The molecule has 0 spiro atoms. The van der Waals surface area contributed by atoms with Crippen LogP contribution in [-0.2, 0) is 4.79 Å². The van der Waals surface area contributed by atoms with Crippen LogP contribution in [0.4, 0.5) is 0 Å². The summed E-state index contributed by atoms with van der Waals surface area (Å²) >= 11 is 0. The average molecular weight is 270 g/mol. The lowest BCUT2D eigenvalue weighted by Gasteiger charge is -2.24. The molecule has 114 valence electrons. The first-order valence-electron chi connectivity index (χ1n) is 7.98. The van der Waals surface area contributed by atoms with Gasteiger partial charge in [0.05, 0.1) is 0 Å². The van der Waals surface area contributed by atoms with Gasteiger partial charge in [-0.15, -0.1) is 0 Å². The van der Waals surface area contributed by atoms with Crippen LogP contribution in [0.3, 0.4) is 0 Å². The molecule has 0 saturated heterocycles. The number of nitrogens with one attached hydrogen (secondary N) is 1. The van der Waals surface area contributed by atoms with Gasteiger partial charge in [0.25, 0.3) is 0 Å². The van der Waals surface area contributed by atoms with Gasteiger partial charge in [0, 0.05) is 13.0 Å². The molecule has 3 nitrogen and oxygen atoms in total. The lowest BCUT2D eigenvalue weighted by Crippen LogP contribution is -2.34. The summed E-state index contributed by atoms with van der Waals surface area (Å²) in [6.07, 6.45) is 10.2. The quantitative estimate of drug-likeness (QED) is 0.532. The summed E-state index contributed by atoms with van der Waals surface area (Å²) in [6, 6.07) is 0. The molecule has 0 rings (SSSR count). The van der Waals surface area contributed by atoms with E-state index in [1.807, 2.05) is 0 Å². The van der Waals surface area contributed by atoms with Crippen molar-refractivity contribution in [3.05, 3.63) is 0 Å².